The Morgan fingerprint density at radius 1 is 1.19 bits per heavy atom. The number of aliphatic imine (C=N–C) groups is 1. The Balaban J connectivity index is 1.54. The Labute approximate surface area is 167 Å². The van der Waals surface area contributed by atoms with Crippen molar-refractivity contribution in [3.8, 4) is 0 Å². The number of hydrogen-bond acceptors (Lipinski definition) is 4. The smallest absolute Gasteiger partial charge is 0.215 e. The van der Waals surface area contributed by atoms with Gasteiger partial charge in [-0.05, 0) is 25.3 Å². The molecule has 1 aliphatic carbocycles. The van der Waals surface area contributed by atoms with Crippen LogP contribution >= 0.6 is 11.8 Å². The largest absolute Gasteiger partial charge is 0.357 e. The van der Waals surface area contributed by atoms with Crippen LogP contribution in [0, 0.1) is 0 Å². The lowest BCUT2D eigenvalue weighted by Crippen LogP contribution is -2.44. The van der Waals surface area contributed by atoms with Crippen molar-refractivity contribution in [1.29, 1.82) is 0 Å². The van der Waals surface area contributed by atoms with Gasteiger partial charge < -0.3 is 10.6 Å². The molecule has 1 saturated carbocycles. The molecule has 0 amide bonds. The van der Waals surface area contributed by atoms with E-state index in [1.54, 1.807) is 4.31 Å². The van der Waals surface area contributed by atoms with Crippen molar-refractivity contribution in [2.24, 2.45) is 4.99 Å². The molecule has 150 valence electrons. The molecule has 8 heteroatoms. The Kier molecular flexibility index (Phi) is 7.05. The standard InChI is InChI=1S/C19H30N4O2S2/c1-2-20-18(21-10-15-27(24,25)23-11-13-26-14-12-23)22-16-19(8-9-19)17-6-4-3-5-7-17/h3-7H,2,8-16H2,1H3,(H2,20,21,22). The zero-order chi connectivity index (χ0) is 19.2. The van der Waals surface area contributed by atoms with E-state index in [-0.39, 0.29) is 11.2 Å². The van der Waals surface area contributed by atoms with Crippen molar-refractivity contribution in [1.82, 2.24) is 14.9 Å². The number of nitrogens with one attached hydrogen (secondary N) is 2. The number of thioether (sulfide) groups is 1. The van der Waals surface area contributed by atoms with E-state index in [9.17, 15) is 8.42 Å². The van der Waals surface area contributed by atoms with E-state index in [0.29, 0.717) is 25.6 Å². The van der Waals surface area contributed by atoms with Crippen LogP contribution in [0.3, 0.4) is 0 Å². The van der Waals surface area contributed by atoms with Gasteiger partial charge in [-0.2, -0.15) is 11.8 Å². The van der Waals surface area contributed by atoms with Crippen molar-refractivity contribution in [2.45, 2.75) is 25.2 Å². The van der Waals surface area contributed by atoms with Gasteiger partial charge in [-0.25, -0.2) is 12.7 Å². The Morgan fingerprint density at radius 2 is 1.89 bits per heavy atom. The minimum Gasteiger partial charge on any atom is -0.357 e. The van der Waals surface area contributed by atoms with Crippen LogP contribution in [0.2, 0.25) is 0 Å². The summed E-state index contributed by atoms with van der Waals surface area (Å²) in [4.78, 5) is 4.74. The highest BCUT2D eigenvalue weighted by atomic mass is 32.2. The van der Waals surface area contributed by atoms with Crippen molar-refractivity contribution >= 4 is 27.7 Å². The van der Waals surface area contributed by atoms with Crippen molar-refractivity contribution < 1.29 is 8.42 Å². The second-order valence-corrected chi connectivity index (χ2v) is 10.4. The molecule has 1 heterocycles. The van der Waals surface area contributed by atoms with Crippen LogP contribution in [-0.4, -0.2) is 68.7 Å². The zero-order valence-corrected chi connectivity index (χ0v) is 17.6. The van der Waals surface area contributed by atoms with Gasteiger partial charge in [0.1, 0.15) is 0 Å². The summed E-state index contributed by atoms with van der Waals surface area (Å²) < 4.78 is 26.5. The molecule has 0 atom stereocenters. The molecule has 2 N–H and O–H groups in total. The lowest BCUT2D eigenvalue weighted by Gasteiger charge is -2.25. The third-order valence-electron chi connectivity index (χ3n) is 5.14. The fourth-order valence-corrected chi connectivity index (χ4v) is 5.80. The number of rotatable bonds is 8. The Bertz CT molecular complexity index is 727. The van der Waals surface area contributed by atoms with Crippen molar-refractivity contribution in [2.75, 3.05) is 50.0 Å². The third kappa shape index (κ3) is 5.62. The molecule has 1 aromatic rings. The molecule has 2 fully saturated rings. The zero-order valence-electron chi connectivity index (χ0n) is 16.0. The van der Waals surface area contributed by atoms with Crippen LogP contribution in [0.25, 0.3) is 0 Å². The van der Waals surface area contributed by atoms with Crippen LogP contribution < -0.4 is 10.6 Å². The maximum Gasteiger partial charge on any atom is 0.215 e. The highest BCUT2D eigenvalue weighted by Crippen LogP contribution is 2.48. The molecule has 0 bridgehead atoms. The summed E-state index contributed by atoms with van der Waals surface area (Å²) in [5, 5.41) is 6.42. The number of benzene rings is 1. The summed E-state index contributed by atoms with van der Waals surface area (Å²) in [6, 6.07) is 10.5. The van der Waals surface area contributed by atoms with Gasteiger partial charge in [-0.15, -0.1) is 0 Å². The van der Waals surface area contributed by atoms with Gasteiger partial charge in [0.2, 0.25) is 10.0 Å². The minimum absolute atomic E-state index is 0.103. The quantitative estimate of drug-likeness (QED) is 0.504. The highest BCUT2D eigenvalue weighted by Gasteiger charge is 2.44. The van der Waals surface area contributed by atoms with E-state index in [4.69, 9.17) is 4.99 Å². The van der Waals surface area contributed by atoms with Gasteiger partial charge in [-0.1, -0.05) is 30.3 Å². The molecule has 0 unspecified atom stereocenters. The summed E-state index contributed by atoms with van der Waals surface area (Å²) in [5.41, 5.74) is 1.50. The summed E-state index contributed by atoms with van der Waals surface area (Å²) in [7, 11) is -3.19. The molecule has 1 saturated heterocycles. The average molecular weight is 411 g/mol. The molecular formula is C19H30N4O2S2. The molecule has 2 aliphatic rings. The summed E-state index contributed by atoms with van der Waals surface area (Å²) in [5.74, 6) is 2.58. The maximum atomic E-state index is 12.5. The van der Waals surface area contributed by atoms with E-state index >= 15 is 0 Å². The van der Waals surface area contributed by atoms with Crippen molar-refractivity contribution in [3.05, 3.63) is 35.9 Å². The number of sulfonamides is 1. The molecule has 1 aliphatic heterocycles. The van der Waals surface area contributed by atoms with Crippen molar-refractivity contribution in [3.63, 3.8) is 0 Å². The van der Waals surface area contributed by atoms with Gasteiger partial charge >= 0.3 is 0 Å². The third-order valence-corrected chi connectivity index (χ3v) is 7.95. The molecule has 27 heavy (non-hydrogen) atoms. The highest BCUT2D eigenvalue weighted by molar-refractivity contribution is 7.99. The second kappa shape index (κ2) is 9.30. The lowest BCUT2D eigenvalue weighted by molar-refractivity contribution is 0.443. The first-order valence-corrected chi connectivity index (χ1v) is 12.5. The van der Waals surface area contributed by atoms with Crippen LogP contribution in [0.1, 0.15) is 25.3 Å². The number of hydrogen-bond donors (Lipinski definition) is 2. The summed E-state index contributed by atoms with van der Waals surface area (Å²) in [6.45, 7) is 5.11. The fourth-order valence-electron chi connectivity index (χ4n) is 3.31. The summed E-state index contributed by atoms with van der Waals surface area (Å²) >= 11 is 1.81. The van der Waals surface area contributed by atoms with Gasteiger partial charge in [-0.3, -0.25) is 4.99 Å². The maximum absolute atomic E-state index is 12.5. The Morgan fingerprint density at radius 3 is 2.52 bits per heavy atom. The SMILES string of the molecule is CCNC(=NCC1(c2ccccc2)CC1)NCCS(=O)(=O)N1CCSCC1. The van der Waals surface area contributed by atoms with E-state index < -0.39 is 10.0 Å². The molecule has 0 aromatic heterocycles. The summed E-state index contributed by atoms with van der Waals surface area (Å²) in [6.07, 6.45) is 2.31. The van der Waals surface area contributed by atoms with Gasteiger partial charge in [0.15, 0.2) is 5.96 Å². The first-order chi connectivity index (χ1) is 13.1. The van der Waals surface area contributed by atoms with Gasteiger partial charge in [0.25, 0.3) is 0 Å². The van der Waals surface area contributed by atoms with E-state index in [0.717, 1.165) is 37.4 Å². The molecular weight excluding hydrogens is 380 g/mol. The molecule has 0 spiro atoms. The molecule has 0 radical (unpaired) electrons. The van der Waals surface area contributed by atoms with Crippen LogP contribution in [0.15, 0.2) is 35.3 Å². The number of guanidine groups is 1. The number of nitrogens with zero attached hydrogens (tertiary/aromatic N) is 2. The van der Waals surface area contributed by atoms with Gasteiger partial charge in [0, 0.05) is 43.1 Å². The fraction of sp³-hybridized carbons (Fsp3) is 0.632. The van der Waals surface area contributed by atoms with E-state index in [1.165, 1.54) is 5.56 Å². The van der Waals surface area contributed by atoms with E-state index in [2.05, 4.69) is 34.9 Å². The predicted octanol–water partition coefficient (Wildman–Crippen LogP) is 1.65. The lowest BCUT2D eigenvalue weighted by atomic mass is 9.96. The van der Waals surface area contributed by atoms with Crippen LogP contribution in [0.4, 0.5) is 0 Å². The monoisotopic (exact) mass is 410 g/mol. The second-order valence-electron chi connectivity index (χ2n) is 7.10. The van der Waals surface area contributed by atoms with Gasteiger partial charge in [0.05, 0.1) is 12.3 Å². The molecule has 3 rings (SSSR count). The topological polar surface area (TPSA) is 73.8 Å². The first-order valence-electron chi connectivity index (χ1n) is 9.69. The normalized spacial score (nSPS) is 20.3. The minimum atomic E-state index is -3.19. The Hall–Kier alpha value is -1.25. The molecule has 6 nitrogen and oxygen atoms in total. The van der Waals surface area contributed by atoms with E-state index in [1.807, 2.05) is 24.8 Å². The van der Waals surface area contributed by atoms with Crippen LogP contribution in [0.5, 0.6) is 0 Å². The predicted molar refractivity (Wildman–Crippen MR) is 114 cm³/mol. The first kappa shape index (κ1) is 20.5. The van der Waals surface area contributed by atoms with Crippen LogP contribution in [-0.2, 0) is 15.4 Å². The molecule has 1 aromatic carbocycles. The average Bonchev–Trinajstić information content (AvgIpc) is 3.49.